The number of carbonyl (C=O) groups is 1. The number of ether oxygens (including phenoxy) is 1. The minimum absolute atomic E-state index is 0.241. The molecule has 0 bridgehead atoms. The lowest BCUT2D eigenvalue weighted by atomic mass is 10.1. The number of hydrogen-bond acceptors (Lipinski definition) is 3. The Bertz CT molecular complexity index is 457. The summed E-state index contributed by atoms with van der Waals surface area (Å²) in [5.74, 6) is -0.285. The monoisotopic (exact) mass is 263 g/mol. The van der Waals surface area contributed by atoms with Crippen molar-refractivity contribution >= 4 is 5.97 Å². The predicted octanol–water partition coefficient (Wildman–Crippen LogP) is 2.01. The van der Waals surface area contributed by atoms with Crippen LogP contribution in [0.5, 0.6) is 5.75 Å². The van der Waals surface area contributed by atoms with Gasteiger partial charge in [0.25, 0.3) is 0 Å². The van der Waals surface area contributed by atoms with Crippen LogP contribution in [0.2, 0.25) is 0 Å². The summed E-state index contributed by atoms with van der Waals surface area (Å²) in [4.78, 5) is 11.2. The third-order valence-electron chi connectivity index (χ3n) is 3.34. The zero-order valence-electron chi connectivity index (χ0n) is 11.5. The fourth-order valence-electron chi connectivity index (χ4n) is 2.31. The van der Waals surface area contributed by atoms with Gasteiger partial charge in [0.15, 0.2) is 0 Å². The third-order valence-corrected chi connectivity index (χ3v) is 3.34. The number of aryl methyl sites for hydroxylation is 2. The molecule has 0 radical (unpaired) electrons. The standard InChI is InChI=1S/C15H21NO3/c1-10(2)16-9-14(15(17)18)19-13-7-6-11-4-3-5-12(11)8-13/h6-8,10,14,16H,3-5,9H2,1-2H3,(H,17,18). The maximum absolute atomic E-state index is 11.2. The SMILES string of the molecule is CC(C)NCC(Oc1ccc2c(c1)CCC2)C(=O)O. The van der Waals surface area contributed by atoms with Gasteiger partial charge in [-0.2, -0.15) is 0 Å². The molecule has 104 valence electrons. The number of carboxylic acids is 1. The van der Waals surface area contributed by atoms with Crippen LogP contribution in [-0.2, 0) is 17.6 Å². The molecule has 1 aromatic rings. The maximum Gasteiger partial charge on any atom is 0.346 e. The highest BCUT2D eigenvalue weighted by Crippen LogP contribution is 2.26. The summed E-state index contributed by atoms with van der Waals surface area (Å²) in [7, 11) is 0. The summed E-state index contributed by atoms with van der Waals surface area (Å²) < 4.78 is 5.59. The summed E-state index contributed by atoms with van der Waals surface area (Å²) in [6.07, 6.45) is 2.51. The van der Waals surface area contributed by atoms with Gasteiger partial charge in [0.05, 0.1) is 0 Å². The van der Waals surface area contributed by atoms with E-state index in [1.165, 1.54) is 17.5 Å². The molecule has 2 N–H and O–H groups in total. The molecule has 1 atom stereocenters. The summed E-state index contributed by atoms with van der Waals surface area (Å²) in [6, 6.07) is 6.14. The summed E-state index contributed by atoms with van der Waals surface area (Å²) >= 11 is 0. The molecule has 0 spiro atoms. The first-order valence-corrected chi connectivity index (χ1v) is 6.81. The van der Waals surface area contributed by atoms with Crippen molar-refractivity contribution in [2.45, 2.75) is 45.3 Å². The summed E-state index contributed by atoms with van der Waals surface area (Å²) in [5, 5.41) is 12.3. The highest BCUT2D eigenvalue weighted by molar-refractivity contribution is 5.73. The fourth-order valence-corrected chi connectivity index (χ4v) is 2.31. The molecule has 0 fully saturated rings. The summed E-state index contributed by atoms with van der Waals surface area (Å²) in [5.41, 5.74) is 2.65. The number of carboxylic acid groups (broad SMARTS) is 1. The Balaban J connectivity index is 2.02. The molecule has 2 rings (SSSR count). The quantitative estimate of drug-likeness (QED) is 0.824. The fraction of sp³-hybridized carbons (Fsp3) is 0.533. The van der Waals surface area contributed by atoms with Crippen molar-refractivity contribution in [3.8, 4) is 5.75 Å². The van der Waals surface area contributed by atoms with Crippen molar-refractivity contribution in [2.24, 2.45) is 0 Å². The number of benzene rings is 1. The topological polar surface area (TPSA) is 58.6 Å². The van der Waals surface area contributed by atoms with Gasteiger partial charge in [0.1, 0.15) is 5.75 Å². The van der Waals surface area contributed by atoms with Crippen LogP contribution in [-0.4, -0.2) is 29.8 Å². The van der Waals surface area contributed by atoms with E-state index in [9.17, 15) is 9.90 Å². The van der Waals surface area contributed by atoms with E-state index in [2.05, 4.69) is 5.32 Å². The zero-order chi connectivity index (χ0) is 13.8. The Morgan fingerprint density at radius 1 is 1.37 bits per heavy atom. The highest BCUT2D eigenvalue weighted by atomic mass is 16.5. The Morgan fingerprint density at radius 3 is 2.79 bits per heavy atom. The molecule has 1 aromatic carbocycles. The largest absolute Gasteiger partial charge is 0.478 e. The van der Waals surface area contributed by atoms with E-state index in [4.69, 9.17) is 4.74 Å². The number of aliphatic carboxylic acids is 1. The first-order chi connectivity index (χ1) is 9.06. The van der Waals surface area contributed by atoms with Crippen molar-refractivity contribution in [3.05, 3.63) is 29.3 Å². The molecule has 19 heavy (non-hydrogen) atoms. The number of nitrogens with one attached hydrogen (secondary N) is 1. The van der Waals surface area contributed by atoms with E-state index < -0.39 is 12.1 Å². The van der Waals surface area contributed by atoms with E-state index >= 15 is 0 Å². The number of hydrogen-bond donors (Lipinski definition) is 2. The Hall–Kier alpha value is -1.55. The van der Waals surface area contributed by atoms with Crippen LogP contribution >= 0.6 is 0 Å². The van der Waals surface area contributed by atoms with Crippen LogP contribution in [0.3, 0.4) is 0 Å². The second-order valence-electron chi connectivity index (χ2n) is 5.29. The molecular formula is C15H21NO3. The molecular weight excluding hydrogens is 242 g/mol. The average molecular weight is 263 g/mol. The van der Waals surface area contributed by atoms with E-state index in [-0.39, 0.29) is 6.04 Å². The van der Waals surface area contributed by atoms with Gasteiger partial charge >= 0.3 is 5.97 Å². The molecule has 0 heterocycles. The smallest absolute Gasteiger partial charge is 0.346 e. The average Bonchev–Trinajstić information content (AvgIpc) is 2.81. The minimum atomic E-state index is -0.936. The van der Waals surface area contributed by atoms with Crippen LogP contribution in [0.4, 0.5) is 0 Å². The van der Waals surface area contributed by atoms with Crippen LogP contribution in [0.1, 0.15) is 31.4 Å². The molecule has 0 saturated carbocycles. The van der Waals surface area contributed by atoms with Gasteiger partial charge in [-0.15, -0.1) is 0 Å². The van der Waals surface area contributed by atoms with Crippen molar-refractivity contribution in [1.29, 1.82) is 0 Å². The molecule has 4 heteroatoms. The molecule has 4 nitrogen and oxygen atoms in total. The minimum Gasteiger partial charge on any atom is -0.478 e. The predicted molar refractivity (Wildman–Crippen MR) is 73.7 cm³/mol. The first-order valence-electron chi connectivity index (χ1n) is 6.81. The van der Waals surface area contributed by atoms with Gasteiger partial charge in [0.2, 0.25) is 6.10 Å². The Kier molecular flexibility index (Phi) is 4.43. The van der Waals surface area contributed by atoms with Gasteiger partial charge in [-0.1, -0.05) is 19.9 Å². The van der Waals surface area contributed by atoms with Crippen molar-refractivity contribution in [1.82, 2.24) is 5.32 Å². The molecule has 0 aromatic heterocycles. The van der Waals surface area contributed by atoms with E-state index in [0.717, 1.165) is 12.8 Å². The van der Waals surface area contributed by atoms with E-state index in [1.54, 1.807) is 0 Å². The van der Waals surface area contributed by atoms with Crippen LogP contribution in [0, 0.1) is 0 Å². The Morgan fingerprint density at radius 2 is 2.11 bits per heavy atom. The number of fused-ring (bicyclic) bond motifs is 1. The van der Waals surface area contributed by atoms with Crippen molar-refractivity contribution in [2.75, 3.05) is 6.54 Å². The second kappa shape index (κ2) is 6.06. The third kappa shape index (κ3) is 3.70. The van der Waals surface area contributed by atoms with E-state index in [1.807, 2.05) is 32.0 Å². The molecule has 0 amide bonds. The lowest BCUT2D eigenvalue weighted by Crippen LogP contribution is -2.40. The molecule has 1 aliphatic rings. The maximum atomic E-state index is 11.2. The molecule has 0 saturated heterocycles. The second-order valence-corrected chi connectivity index (χ2v) is 5.29. The lowest BCUT2D eigenvalue weighted by Gasteiger charge is -2.18. The lowest BCUT2D eigenvalue weighted by molar-refractivity contribution is -0.144. The van der Waals surface area contributed by atoms with Crippen molar-refractivity contribution < 1.29 is 14.6 Å². The van der Waals surface area contributed by atoms with Gasteiger partial charge in [-0.25, -0.2) is 4.79 Å². The van der Waals surface area contributed by atoms with Crippen LogP contribution < -0.4 is 10.1 Å². The first kappa shape index (κ1) is 13.9. The summed E-state index contributed by atoms with van der Waals surface area (Å²) in [6.45, 7) is 4.27. The molecule has 0 aliphatic heterocycles. The van der Waals surface area contributed by atoms with Crippen LogP contribution in [0.15, 0.2) is 18.2 Å². The van der Waals surface area contributed by atoms with Gasteiger partial charge in [-0.3, -0.25) is 0 Å². The zero-order valence-corrected chi connectivity index (χ0v) is 11.5. The van der Waals surface area contributed by atoms with E-state index in [0.29, 0.717) is 12.3 Å². The highest BCUT2D eigenvalue weighted by Gasteiger charge is 2.20. The normalized spacial score (nSPS) is 15.3. The number of rotatable bonds is 6. The Labute approximate surface area is 113 Å². The molecule has 1 aliphatic carbocycles. The van der Waals surface area contributed by atoms with Crippen LogP contribution in [0.25, 0.3) is 0 Å². The molecule has 1 unspecified atom stereocenters. The van der Waals surface area contributed by atoms with Gasteiger partial charge < -0.3 is 15.2 Å². The van der Waals surface area contributed by atoms with Gasteiger partial charge in [0, 0.05) is 12.6 Å². The van der Waals surface area contributed by atoms with Gasteiger partial charge in [-0.05, 0) is 42.5 Å². The van der Waals surface area contributed by atoms with Crippen molar-refractivity contribution in [3.63, 3.8) is 0 Å².